The summed E-state index contributed by atoms with van der Waals surface area (Å²) in [5.41, 5.74) is 0.636. The molecular weight excluding hydrogens is 482 g/mol. The number of anilines is 1. The minimum absolute atomic E-state index is 0.0261. The van der Waals surface area contributed by atoms with Crippen LogP contribution in [0.5, 0.6) is 5.75 Å². The van der Waals surface area contributed by atoms with E-state index < -0.39 is 22.2 Å². The third kappa shape index (κ3) is 5.40. The maximum atomic E-state index is 13.5. The van der Waals surface area contributed by atoms with Crippen LogP contribution in [0.15, 0.2) is 53.4 Å². The van der Waals surface area contributed by atoms with Gasteiger partial charge in [0.1, 0.15) is 6.10 Å². The van der Waals surface area contributed by atoms with Crippen LogP contribution in [0, 0.1) is 11.8 Å². The Bertz CT molecular complexity index is 1220. The number of aliphatic hydroxyl groups excluding tert-OH is 1. The molecule has 0 aromatic heterocycles. The highest BCUT2D eigenvalue weighted by atomic mass is 32.2. The predicted molar refractivity (Wildman–Crippen MR) is 135 cm³/mol. The van der Waals surface area contributed by atoms with Gasteiger partial charge in [0.05, 0.1) is 35.3 Å². The number of hydrogen-bond acceptors (Lipinski definition) is 6. The van der Waals surface area contributed by atoms with Gasteiger partial charge < -0.3 is 20.1 Å². The van der Waals surface area contributed by atoms with Gasteiger partial charge in [0.25, 0.3) is 5.91 Å². The number of ether oxygens (including phenoxy) is 1. The molecule has 2 aliphatic rings. The summed E-state index contributed by atoms with van der Waals surface area (Å²) in [4.78, 5) is 27.8. The summed E-state index contributed by atoms with van der Waals surface area (Å²) in [5, 5.41) is 12.7. The number of para-hydroxylation sites is 1. The Morgan fingerprint density at radius 2 is 1.89 bits per heavy atom. The molecule has 0 saturated heterocycles. The molecule has 3 atom stereocenters. The molecule has 36 heavy (non-hydrogen) atoms. The number of likely N-dealkylation sites (N-methyl/N-ethyl adjacent to an activating group) is 1. The van der Waals surface area contributed by atoms with E-state index in [0.717, 1.165) is 12.8 Å². The lowest BCUT2D eigenvalue weighted by molar-refractivity contribution is -0.117. The van der Waals surface area contributed by atoms with Crippen molar-refractivity contribution in [2.75, 3.05) is 32.1 Å². The molecule has 194 valence electrons. The second-order valence-electron chi connectivity index (χ2n) is 9.67. The first-order valence-electron chi connectivity index (χ1n) is 12.2. The topological polar surface area (TPSA) is 116 Å². The van der Waals surface area contributed by atoms with Gasteiger partial charge in [-0.25, -0.2) is 8.42 Å². The van der Waals surface area contributed by atoms with Gasteiger partial charge in [-0.1, -0.05) is 31.2 Å². The lowest BCUT2D eigenvalue weighted by atomic mass is 9.99. The first-order chi connectivity index (χ1) is 17.1. The average Bonchev–Trinajstić information content (AvgIpc) is 3.72. The molecule has 0 spiro atoms. The van der Waals surface area contributed by atoms with E-state index >= 15 is 0 Å². The molecule has 0 radical (unpaired) electrons. The minimum atomic E-state index is -3.77. The fraction of sp³-hybridized carbons (Fsp3) is 0.462. The molecule has 2 N–H and O–H groups in total. The molecule has 0 unspecified atom stereocenters. The molecule has 4 rings (SSSR count). The molecular formula is C26H33N3O6S. The third-order valence-electron chi connectivity index (χ3n) is 6.79. The molecule has 0 bridgehead atoms. The zero-order valence-corrected chi connectivity index (χ0v) is 21.6. The van der Waals surface area contributed by atoms with Crippen molar-refractivity contribution < 1.29 is 27.9 Å². The van der Waals surface area contributed by atoms with Crippen molar-refractivity contribution in [2.45, 2.75) is 43.7 Å². The van der Waals surface area contributed by atoms with Gasteiger partial charge in [0.2, 0.25) is 15.9 Å². The van der Waals surface area contributed by atoms with Crippen LogP contribution in [0.2, 0.25) is 0 Å². The van der Waals surface area contributed by atoms with E-state index in [9.17, 15) is 23.1 Å². The molecule has 9 nitrogen and oxygen atoms in total. The van der Waals surface area contributed by atoms with Crippen molar-refractivity contribution in [1.29, 1.82) is 0 Å². The Morgan fingerprint density at radius 1 is 1.19 bits per heavy atom. The summed E-state index contributed by atoms with van der Waals surface area (Å²) in [6, 6.07) is 12.7. The number of benzene rings is 2. The molecule has 2 aromatic rings. The number of fused-ring (bicyclic) bond motifs is 1. The van der Waals surface area contributed by atoms with Crippen LogP contribution >= 0.6 is 0 Å². The maximum absolute atomic E-state index is 13.5. The molecule has 2 aromatic carbocycles. The number of carbonyl (C=O) groups excluding carboxylic acids is 2. The number of carbonyl (C=O) groups is 2. The van der Waals surface area contributed by atoms with E-state index in [-0.39, 0.29) is 59.6 Å². The second kappa shape index (κ2) is 10.6. The Hall–Kier alpha value is -2.95. The van der Waals surface area contributed by atoms with Gasteiger partial charge >= 0.3 is 0 Å². The van der Waals surface area contributed by atoms with Crippen molar-refractivity contribution >= 4 is 27.5 Å². The van der Waals surface area contributed by atoms with E-state index in [1.54, 1.807) is 60.4 Å². The fourth-order valence-electron chi connectivity index (χ4n) is 4.26. The number of aliphatic hydroxyl groups is 1. The van der Waals surface area contributed by atoms with Crippen LogP contribution in [0.1, 0.15) is 37.0 Å². The number of nitrogens with one attached hydrogen (secondary N) is 1. The van der Waals surface area contributed by atoms with Crippen LogP contribution in [0.4, 0.5) is 5.69 Å². The van der Waals surface area contributed by atoms with Crippen molar-refractivity contribution in [3.8, 4) is 5.75 Å². The zero-order chi connectivity index (χ0) is 26.0. The zero-order valence-electron chi connectivity index (χ0n) is 20.8. The standard InChI is InChI=1S/C26H33N3O6S/c1-17-14-29(18(2)16-30)26(32)21-10-7-11-22(27-25(31)19-12-13-19)24(21)35-23(17)15-28(3)36(33,34)20-8-5-4-6-9-20/h4-11,17-19,23,30H,12-16H2,1-3H3,(H,27,31)/t17-,18-,23-/m1/s1. The summed E-state index contributed by atoms with van der Waals surface area (Å²) < 4.78 is 34.0. The van der Waals surface area contributed by atoms with E-state index in [1.165, 1.54) is 11.4 Å². The Morgan fingerprint density at radius 3 is 2.53 bits per heavy atom. The summed E-state index contributed by atoms with van der Waals surface area (Å²) in [7, 11) is -2.28. The smallest absolute Gasteiger partial charge is 0.258 e. The van der Waals surface area contributed by atoms with Crippen molar-refractivity contribution in [1.82, 2.24) is 9.21 Å². The number of sulfonamides is 1. The molecule has 1 aliphatic carbocycles. The minimum Gasteiger partial charge on any atom is -0.486 e. The first-order valence-corrected chi connectivity index (χ1v) is 13.6. The van der Waals surface area contributed by atoms with Crippen molar-refractivity contribution in [3.63, 3.8) is 0 Å². The van der Waals surface area contributed by atoms with Crippen LogP contribution in [0.3, 0.4) is 0 Å². The first kappa shape index (κ1) is 26.1. The Labute approximate surface area is 212 Å². The lowest BCUT2D eigenvalue weighted by Crippen LogP contribution is -2.50. The van der Waals surface area contributed by atoms with Gasteiger partial charge in [0.15, 0.2) is 5.75 Å². The van der Waals surface area contributed by atoms with Crippen LogP contribution < -0.4 is 10.1 Å². The Balaban J connectivity index is 1.71. The van der Waals surface area contributed by atoms with E-state index in [0.29, 0.717) is 5.69 Å². The predicted octanol–water partition coefficient (Wildman–Crippen LogP) is 2.58. The second-order valence-corrected chi connectivity index (χ2v) is 11.7. The number of nitrogens with zero attached hydrogens (tertiary/aromatic N) is 2. The van der Waals surface area contributed by atoms with Gasteiger partial charge in [-0.3, -0.25) is 9.59 Å². The van der Waals surface area contributed by atoms with Crippen molar-refractivity contribution in [3.05, 3.63) is 54.1 Å². The quantitative estimate of drug-likeness (QED) is 0.558. The van der Waals surface area contributed by atoms with Crippen molar-refractivity contribution in [2.24, 2.45) is 11.8 Å². The average molecular weight is 516 g/mol. The molecule has 2 amide bonds. The van der Waals surface area contributed by atoms with Crippen LogP contribution in [-0.4, -0.2) is 73.4 Å². The van der Waals surface area contributed by atoms with Gasteiger partial charge in [-0.15, -0.1) is 0 Å². The number of rotatable bonds is 8. The SMILES string of the molecule is C[C@@H]1CN([C@H](C)CO)C(=O)c2cccc(NC(=O)C3CC3)c2O[C@@H]1CN(C)S(=O)(=O)c1ccccc1. The number of amides is 2. The van der Waals surface area contributed by atoms with Crippen LogP contribution in [-0.2, 0) is 14.8 Å². The van der Waals surface area contributed by atoms with E-state index in [1.807, 2.05) is 6.92 Å². The summed E-state index contributed by atoms with van der Waals surface area (Å²) in [5.74, 6) is -0.557. The normalized spacial score (nSPS) is 21.2. The number of hydrogen-bond donors (Lipinski definition) is 2. The lowest BCUT2D eigenvalue weighted by Gasteiger charge is -2.38. The largest absolute Gasteiger partial charge is 0.486 e. The Kier molecular flexibility index (Phi) is 7.67. The third-order valence-corrected chi connectivity index (χ3v) is 8.62. The van der Waals surface area contributed by atoms with Gasteiger partial charge in [-0.05, 0) is 44.0 Å². The maximum Gasteiger partial charge on any atom is 0.258 e. The van der Waals surface area contributed by atoms with Crippen LogP contribution in [0.25, 0.3) is 0 Å². The summed E-state index contributed by atoms with van der Waals surface area (Å²) in [6.07, 6.45) is 1.02. The highest BCUT2D eigenvalue weighted by Crippen LogP contribution is 2.37. The highest BCUT2D eigenvalue weighted by molar-refractivity contribution is 7.89. The molecule has 1 fully saturated rings. The van der Waals surface area contributed by atoms with E-state index in [4.69, 9.17) is 4.74 Å². The summed E-state index contributed by atoms with van der Waals surface area (Å²) in [6.45, 7) is 3.71. The molecule has 1 aliphatic heterocycles. The van der Waals surface area contributed by atoms with Gasteiger partial charge in [0, 0.05) is 25.4 Å². The summed E-state index contributed by atoms with van der Waals surface area (Å²) >= 11 is 0. The van der Waals surface area contributed by atoms with E-state index in [2.05, 4.69) is 5.32 Å². The molecule has 1 saturated carbocycles. The monoisotopic (exact) mass is 515 g/mol. The highest BCUT2D eigenvalue weighted by Gasteiger charge is 2.37. The fourth-order valence-corrected chi connectivity index (χ4v) is 5.47. The van der Waals surface area contributed by atoms with Gasteiger partial charge in [-0.2, -0.15) is 4.31 Å². The molecule has 10 heteroatoms. The molecule has 1 heterocycles.